The summed E-state index contributed by atoms with van der Waals surface area (Å²) in [6.45, 7) is 7.55. The van der Waals surface area contributed by atoms with E-state index in [0.717, 1.165) is 26.1 Å². The SMILES string of the molecule is COCCN(CCCOc1ccc(C(=O)O)cc1)C(C)C. The Morgan fingerprint density at radius 1 is 1.19 bits per heavy atom. The highest BCUT2D eigenvalue weighted by Crippen LogP contribution is 2.12. The minimum Gasteiger partial charge on any atom is -0.494 e. The van der Waals surface area contributed by atoms with Gasteiger partial charge in [0.2, 0.25) is 0 Å². The summed E-state index contributed by atoms with van der Waals surface area (Å²) >= 11 is 0. The van der Waals surface area contributed by atoms with Crippen LogP contribution in [0.15, 0.2) is 24.3 Å². The van der Waals surface area contributed by atoms with Crippen molar-refractivity contribution in [2.75, 3.05) is 33.4 Å². The van der Waals surface area contributed by atoms with Gasteiger partial charge >= 0.3 is 5.97 Å². The Morgan fingerprint density at radius 3 is 2.38 bits per heavy atom. The summed E-state index contributed by atoms with van der Waals surface area (Å²) in [7, 11) is 1.71. The first-order valence-electron chi connectivity index (χ1n) is 7.23. The molecule has 118 valence electrons. The fourth-order valence-corrected chi connectivity index (χ4v) is 1.99. The quantitative estimate of drug-likeness (QED) is 0.672. The summed E-state index contributed by atoms with van der Waals surface area (Å²) in [6, 6.07) is 6.96. The lowest BCUT2D eigenvalue weighted by atomic mass is 10.2. The molecule has 0 radical (unpaired) electrons. The lowest BCUT2D eigenvalue weighted by Gasteiger charge is -2.25. The van der Waals surface area contributed by atoms with E-state index in [9.17, 15) is 4.79 Å². The summed E-state index contributed by atoms with van der Waals surface area (Å²) in [4.78, 5) is 13.1. The highest BCUT2D eigenvalue weighted by Gasteiger charge is 2.08. The molecule has 21 heavy (non-hydrogen) atoms. The average molecular weight is 295 g/mol. The van der Waals surface area contributed by atoms with Crippen LogP contribution in [-0.4, -0.2) is 55.4 Å². The maximum absolute atomic E-state index is 10.7. The van der Waals surface area contributed by atoms with Crippen LogP contribution in [0.5, 0.6) is 5.75 Å². The van der Waals surface area contributed by atoms with Crippen LogP contribution in [0, 0.1) is 0 Å². The number of ether oxygens (including phenoxy) is 2. The molecule has 1 rings (SSSR count). The molecule has 0 aliphatic carbocycles. The first-order valence-corrected chi connectivity index (χ1v) is 7.23. The Hall–Kier alpha value is -1.59. The molecule has 5 nitrogen and oxygen atoms in total. The van der Waals surface area contributed by atoms with Gasteiger partial charge in [0.1, 0.15) is 5.75 Å². The van der Waals surface area contributed by atoms with Gasteiger partial charge in [-0.1, -0.05) is 0 Å². The highest BCUT2D eigenvalue weighted by molar-refractivity contribution is 5.87. The number of aromatic carboxylic acids is 1. The molecule has 0 aromatic heterocycles. The number of carboxylic acids is 1. The van der Waals surface area contributed by atoms with Crippen LogP contribution in [0.3, 0.4) is 0 Å². The lowest BCUT2D eigenvalue weighted by molar-refractivity contribution is 0.0697. The number of carboxylic acid groups (broad SMARTS) is 1. The molecule has 0 fully saturated rings. The van der Waals surface area contributed by atoms with Gasteiger partial charge in [-0.15, -0.1) is 0 Å². The van der Waals surface area contributed by atoms with Crippen LogP contribution in [0.25, 0.3) is 0 Å². The number of hydrogen-bond donors (Lipinski definition) is 1. The molecule has 1 aromatic rings. The molecule has 0 saturated heterocycles. The normalized spacial score (nSPS) is 11.1. The number of carbonyl (C=O) groups is 1. The number of methoxy groups -OCH3 is 1. The second-order valence-corrected chi connectivity index (χ2v) is 5.15. The van der Waals surface area contributed by atoms with Gasteiger partial charge in [-0.05, 0) is 44.5 Å². The Kier molecular flexibility index (Phi) is 7.79. The smallest absolute Gasteiger partial charge is 0.335 e. The average Bonchev–Trinajstić information content (AvgIpc) is 2.46. The molecule has 0 unspecified atom stereocenters. The Balaban J connectivity index is 2.30. The van der Waals surface area contributed by atoms with Gasteiger partial charge in [0.05, 0.1) is 18.8 Å². The van der Waals surface area contributed by atoms with Gasteiger partial charge in [0.15, 0.2) is 0 Å². The van der Waals surface area contributed by atoms with E-state index in [1.807, 2.05) is 0 Å². The fraction of sp³-hybridized carbons (Fsp3) is 0.562. The number of nitrogens with zero attached hydrogens (tertiary/aromatic N) is 1. The van der Waals surface area contributed by atoms with Crippen molar-refractivity contribution in [2.24, 2.45) is 0 Å². The van der Waals surface area contributed by atoms with E-state index < -0.39 is 5.97 Å². The van der Waals surface area contributed by atoms with Crippen molar-refractivity contribution in [2.45, 2.75) is 26.3 Å². The van der Waals surface area contributed by atoms with Crippen molar-refractivity contribution >= 4 is 5.97 Å². The molecular formula is C16H25NO4. The van der Waals surface area contributed by atoms with Crippen molar-refractivity contribution < 1.29 is 19.4 Å². The second-order valence-electron chi connectivity index (χ2n) is 5.15. The molecule has 0 bridgehead atoms. The largest absolute Gasteiger partial charge is 0.494 e. The van der Waals surface area contributed by atoms with Crippen molar-refractivity contribution in [3.8, 4) is 5.75 Å². The lowest BCUT2D eigenvalue weighted by Crippen LogP contribution is -2.35. The summed E-state index contributed by atoms with van der Waals surface area (Å²) in [5, 5.41) is 8.82. The van der Waals surface area contributed by atoms with Crippen LogP contribution in [0.1, 0.15) is 30.6 Å². The minimum atomic E-state index is -0.924. The van der Waals surface area contributed by atoms with E-state index in [-0.39, 0.29) is 5.56 Å². The van der Waals surface area contributed by atoms with E-state index in [0.29, 0.717) is 18.4 Å². The van der Waals surface area contributed by atoms with E-state index >= 15 is 0 Å². The summed E-state index contributed by atoms with van der Waals surface area (Å²) < 4.78 is 10.7. The summed E-state index contributed by atoms with van der Waals surface area (Å²) in [5.41, 5.74) is 0.271. The van der Waals surface area contributed by atoms with Crippen molar-refractivity contribution in [1.29, 1.82) is 0 Å². The predicted octanol–water partition coefficient (Wildman–Crippen LogP) is 2.51. The molecule has 0 atom stereocenters. The molecule has 0 aliphatic rings. The van der Waals surface area contributed by atoms with Crippen LogP contribution >= 0.6 is 0 Å². The third-order valence-electron chi connectivity index (χ3n) is 3.27. The Bertz CT molecular complexity index is 417. The standard InChI is InChI=1S/C16H25NO4/c1-13(2)17(10-12-20-3)9-4-11-21-15-7-5-14(6-8-15)16(18)19/h5-8,13H,4,9-12H2,1-3H3,(H,18,19). The zero-order valence-corrected chi connectivity index (χ0v) is 13.0. The van der Waals surface area contributed by atoms with Gasteiger partial charge in [-0.2, -0.15) is 0 Å². The molecule has 0 heterocycles. The Labute approximate surface area is 126 Å². The van der Waals surface area contributed by atoms with E-state index in [2.05, 4.69) is 18.7 Å². The number of rotatable bonds is 10. The van der Waals surface area contributed by atoms with Gasteiger partial charge in [0, 0.05) is 26.2 Å². The highest BCUT2D eigenvalue weighted by atomic mass is 16.5. The summed E-state index contributed by atoms with van der Waals surface area (Å²) in [6.07, 6.45) is 0.919. The van der Waals surface area contributed by atoms with Crippen LogP contribution in [-0.2, 0) is 4.74 Å². The van der Waals surface area contributed by atoms with Crippen molar-refractivity contribution in [1.82, 2.24) is 4.90 Å². The van der Waals surface area contributed by atoms with Crippen LogP contribution in [0.2, 0.25) is 0 Å². The zero-order chi connectivity index (χ0) is 15.7. The minimum absolute atomic E-state index is 0.271. The molecule has 0 saturated carbocycles. The summed E-state index contributed by atoms with van der Waals surface area (Å²) in [5.74, 6) is -0.222. The predicted molar refractivity (Wildman–Crippen MR) is 82.1 cm³/mol. The van der Waals surface area contributed by atoms with Crippen LogP contribution < -0.4 is 4.74 Å². The molecule has 0 aliphatic heterocycles. The zero-order valence-electron chi connectivity index (χ0n) is 13.0. The van der Waals surface area contributed by atoms with E-state index in [1.54, 1.807) is 31.4 Å². The third kappa shape index (κ3) is 6.60. The first-order chi connectivity index (χ1) is 10.0. The molecular weight excluding hydrogens is 270 g/mol. The molecule has 1 aromatic carbocycles. The Morgan fingerprint density at radius 2 is 1.86 bits per heavy atom. The van der Waals surface area contributed by atoms with Gasteiger partial charge in [0.25, 0.3) is 0 Å². The molecule has 1 N–H and O–H groups in total. The van der Waals surface area contributed by atoms with Crippen molar-refractivity contribution in [3.63, 3.8) is 0 Å². The molecule has 5 heteroatoms. The van der Waals surface area contributed by atoms with Crippen molar-refractivity contribution in [3.05, 3.63) is 29.8 Å². The first kappa shape index (κ1) is 17.5. The second kappa shape index (κ2) is 9.37. The molecule has 0 spiro atoms. The van der Waals surface area contributed by atoms with E-state index in [4.69, 9.17) is 14.6 Å². The monoisotopic (exact) mass is 295 g/mol. The third-order valence-corrected chi connectivity index (χ3v) is 3.27. The fourth-order valence-electron chi connectivity index (χ4n) is 1.99. The number of hydrogen-bond acceptors (Lipinski definition) is 4. The van der Waals surface area contributed by atoms with Crippen LogP contribution in [0.4, 0.5) is 0 Å². The number of benzene rings is 1. The van der Waals surface area contributed by atoms with Gasteiger partial charge in [-0.25, -0.2) is 4.79 Å². The van der Waals surface area contributed by atoms with E-state index in [1.165, 1.54) is 0 Å². The van der Waals surface area contributed by atoms with Gasteiger partial charge in [-0.3, -0.25) is 4.90 Å². The van der Waals surface area contributed by atoms with Gasteiger partial charge < -0.3 is 14.6 Å². The maximum atomic E-state index is 10.7. The topological polar surface area (TPSA) is 59.0 Å². The molecule has 0 amide bonds. The maximum Gasteiger partial charge on any atom is 0.335 e.